The Bertz CT molecular complexity index is 1120. The van der Waals surface area contributed by atoms with E-state index in [1.807, 2.05) is 37.3 Å². The highest BCUT2D eigenvalue weighted by Crippen LogP contribution is 2.37. The summed E-state index contributed by atoms with van der Waals surface area (Å²) in [6.45, 7) is 5.59. The minimum absolute atomic E-state index is 0.209. The van der Waals surface area contributed by atoms with E-state index in [1.54, 1.807) is 18.2 Å². The zero-order chi connectivity index (χ0) is 22.6. The fourth-order valence-corrected chi connectivity index (χ4v) is 3.54. The molecular weight excluding hydrogens is 444 g/mol. The van der Waals surface area contributed by atoms with Crippen molar-refractivity contribution in [3.8, 4) is 0 Å². The Morgan fingerprint density at radius 3 is 2.48 bits per heavy atom. The van der Waals surface area contributed by atoms with Crippen LogP contribution in [0, 0.1) is 6.92 Å². The van der Waals surface area contributed by atoms with E-state index in [2.05, 4.69) is 16.9 Å². The highest BCUT2D eigenvalue weighted by Gasteiger charge is 2.32. The first-order valence-electron chi connectivity index (χ1n) is 9.33. The number of alkyl halides is 3. The van der Waals surface area contributed by atoms with Gasteiger partial charge in [0.2, 0.25) is 0 Å². The fourth-order valence-electron chi connectivity index (χ4n) is 3.15. The summed E-state index contributed by atoms with van der Waals surface area (Å²) in [7, 11) is 0. The van der Waals surface area contributed by atoms with Crippen LogP contribution in [0.5, 0.6) is 0 Å². The van der Waals surface area contributed by atoms with Gasteiger partial charge in [0.05, 0.1) is 11.6 Å². The maximum atomic E-state index is 13.4. The summed E-state index contributed by atoms with van der Waals surface area (Å²) in [4.78, 5) is 4.23. The number of rotatable bonds is 6. The summed E-state index contributed by atoms with van der Waals surface area (Å²) in [5, 5.41) is 3.84. The fraction of sp³-hybridized carbons (Fsp3) is 0.125. The molecule has 160 valence electrons. The average molecular weight is 463 g/mol. The Morgan fingerprint density at radius 2 is 1.84 bits per heavy atom. The van der Waals surface area contributed by atoms with Crippen LogP contribution in [0.3, 0.4) is 0 Å². The zero-order valence-electron chi connectivity index (χ0n) is 16.5. The maximum Gasteiger partial charge on any atom is 0.416 e. The van der Waals surface area contributed by atoms with Gasteiger partial charge in [-0.25, -0.2) is 4.98 Å². The van der Waals surface area contributed by atoms with Gasteiger partial charge >= 0.3 is 6.18 Å². The van der Waals surface area contributed by atoms with Gasteiger partial charge in [-0.15, -0.1) is 0 Å². The van der Waals surface area contributed by atoms with E-state index in [4.69, 9.17) is 23.2 Å². The van der Waals surface area contributed by atoms with E-state index in [9.17, 15) is 13.2 Å². The second-order valence-corrected chi connectivity index (χ2v) is 7.73. The van der Waals surface area contributed by atoms with E-state index < -0.39 is 17.8 Å². The lowest BCUT2D eigenvalue weighted by Gasteiger charge is -2.23. The number of aromatic nitrogens is 1. The van der Waals surface area contributed by atoms with Crippen molar-refractivity contribution in [3.05, 3.63) is 111 Å². The van der Waals surface area contributed by atoms with Gasteiger partial charge in [-0.2, -0.15) is 13.2 Å². The molecule has 0 bridgehead atoms. The molecule has 0 saturated heterocycles. The molecule has 31 heavy (non-hydrogen) atoms. The number of allylic oxidation sites excluding steroid dienone is 2. The van der Waals surface area contributed by atoms with Crippen LogP contribution in [0.2, 0.25) is 10.0 Å². The lowest BCUT2D eigenvalue weighted by Crippen LogP contribution is -2.16. The van der Waals surface area contributed by atoms with Gasteiger partial charge in [-0.1, -0.05) is 66.2 Å². The van der Waals surface area contributed by atoms with Gasteiger partial charge in [-0.3, -0.25) is 0 Å². The number of anilines is 1. The van der Waals surface area contributed by atoms with Crippen molar-refractivity contribution < 1.29 is 13.2 Å². The standard InChI is InChI=1S/C24H19Cl2F3N2/c1-3-4-5-16-6-7-17(12-15(16)2)23(31-22-14-19(25)10-11-30-22)20-13-18(24(27,28)29)8-9-21(20)26/h3-14,23H,1H2,2H3,(H,30,31)/b5-4-. The monoisotopic (exact) mass is 462 g/mol. The first-order chi connectivity index (χ1) is 14.7. The second kappa shape index (κ2) is 9.58. The largest absolute Gasteiger partial charge is 0.416 e. The van der Waals surface area contributed by atoms with E-state index in [0.29, 0.717) is 10.8 Å². The number of nitrogens with zero attached hydrogens (tertiary/aromatic N) is 1. The maximum absolute atomic E-state index is 13.4. The SMILES string of the molecule is C=C/C=C\c1ccc(C(Nc2cc(Cl)ccn2)c2cc(C(F)(F)F)ccc2Cl)cc1C. The molecule has 1 heterocycles. The Balaban J connectivity index is 2.13. The van der Waals surface area contributed by atoms with Crippen LogP contribution in [0.4, 0.5) is 19.0 Å². The Labute approximate surface area is 189 Å². The predicted molar refractivity (Wildman–Crippen MR) is 122 cm³/mol. The third-order valence-corrected chi connectivity index (χ3v) is 5.27. The smallest absolute Gasteiger partial charge is 0.359 e. The third-order valence-electron chi connectivity index (χ3n) is 4.69. The van der Waals surface area contributed by atoms with Gasteiger partial charge in [0.15, 0.2) is 0 Å². The van der Waals surface area contributed by atoms with Gasteiger partial charge in [0.25, 0.3) is 0 Å². The first kappa shape index (κ1) is 22.9. The van der Waals surface area contributed by atoms with Crippen LogP contribution in [0.25, 0.3) is 6.08 Å². The van der Waals surface area contributed by atoms with Gasteiger partial charge < -0.3 is 5.32 Å². The second-order valence-electron chi connectivity index (χ2n) is 6.88. The first-order valence-corrected chi connectivity index (χ1v) is 10.1. The van der Waals surface area contributed by atoms with E-state index in [0.717, 1.165) is 28.8 Å². The van der Waals surface area contributed by atoms with Crippen molar-refractivity contribution in [1.82, 2.24) is 4.98 Å². The van der Waals surface area contributed by atoms with Crippen LogP contribution in [-0.2, 0) is 6.18 Å². The van der Waals surface area contributed by atoms with Crippen molar-refractivity contribution in [2.24, 2.45) is 0 Å². The van der Waals surface area contributed by atoms with Crippen molar-refractivity contribution in [2.45, 2.75) is 19.1 Å². The van der Waals surface area contributed by atoms with Gasteiger partial charge in [0, 0.05) is 16.2 Å². The van der Waals surface area contributed by atoms with E-state index >= 15 is 0 Å². The Hall–Kier alpha value is -2.76. The van der Waals surface area contributed by atoms with Gasteiger partial charge in [0.1, 0.15) is 5.82 Å². The molecule has 3 aromatic rings. The number of halogens is 5. The topological polar surface area (TPSA) is 24.9 Å². The third kappa shape index (κ3) is 5.69. The summed E-state index contributed by atoms with van der Waals surface area (Å²) in [5.41, 5.74) is 2.16. The van der Waals surface area contributed by atoms with Gasteiger partial charge in [-0.05, 0) is 59.5 Å². The minimum Gasteiger partial charge on any atom is -0.359 e. The molecule has 1 N–H and O–H groups in total. The molecule has 1 aromatic heterocycles. The number of benzene rings is 2. The number of nitrogens with one attached hydrogen (secondary N) is 1. The lowest BCUT2D eigenvalue weighted by molar-refractivity contribution is -0.137. The normalized spacial score (nSPS) is 12.7. The number of hydrogen-bond donors (Lipinski definition) is 1. The highest BCUT2D eigenvalue weighted by molar-refractivity contribution is 6.31. The molecule has 0 amide bonds. The number of hydrogen-bond acceptors (Lipinski definition) is 2. The summed E-state index contributed by atoms with van der Waals surface area (Å²) < 4.78 is 40.1. The van der Waals surface area contributed by atoms with E-state index in [1.165, 1.54) is 12.3 Å². The summed E-state index contributed by atoms with van der Waals surface area (Å²) in [5.74, 6) is 0.416. The molecule has 0 fully saturated rings. The summed E-state index contributed by atoms with van der Waals surface area (Å²) in [6, 6.07) is 11.5. The summed E-state index contributed by atoms with van der Waals surface area (Å²) in [6.07, 6.45) is 2.42. The zero-order valence-corrected chi connectivity index (χ0v) is 18.1. The average Bonchev–Trinajstić information content (AvgIpc) is 2.71. The molecule has 7 heteroatoms. The minimum atomic E-state index is -4.49. The van der Waals surface area contributed by atoms with Crippen LogP contribution < -0.4 is 5.32 Å². The van der Waals surface area contributed by atoms with Crippen LogP contribution >= 0.6 is 23.2 Å². The van der Waals surface area contributed by atoms with Crippen molar-refractivity contribution >= 4 is 35.1 Å². The molecule has 2 nitrogen and oxygen atoms in total. The van der Waals surface area contributed by atoms with Crippen molar-refractivity contribution in [2.75, 3.05) is 5.32 Å². The molecular formula is C24H19Cl2F3N2. The molecule has 0 saturated carbocycles. The summed E-state index contributed by atoms with van der Waals surface area (Å²) >= 11 is 12.4. The quantitative estimate of drug-likeness (QED) is 0.374. The molecule has 3 rings (SSSR count). The molecule has 0 spiro atoms. The van der Waals surface area contributed by atoms with Crippen LogP contribution in [0.1, 0.15) is 33.9 Å². The number of aryl methyl sites for hydroxylation is 1. The molecule has 0 radical (unpaired) electrons. The number of pyridine rings is 1. The molecule has 0 aliphatic rings. The Kier molecular flexibility index (Phi) is 7.08. The van der Waals surface area contributed by atoms with Crippen molar-refractivity contribution in [1.29, 1.82) is 0 Å². The van der Waals surface area contributed by atoms with Crippen LogP contribution in [0.15, 0.2) is 73.5 Å². The highest BCUT2D eigenvalue weighted by atomic mass is 35.5. The van der Waals surface area contributed by atoms with Crippen molar-refractivity contribution in [3.63, 3.8) is 0 Å². The molecule has 1 unspecified atom stereocenters. The van der Waals surface area contributed by atoms with E-state index in [-0.39, 0.29) is 10.6 Å². The molecule has 2 aromatic carbocycles. The Morgan fingerprint density at radius 1 is 1.06 bits per heavy atom. The predicted octanol–water partition coefficient (Wildman–Crippen LogP) is 8.12. The lowest BCUT2D eigenvalue weighted by atomic mass is 9.94. The molecule has 0 aliphatic carbocycles. The molecule has 0 aliphatic heterocycles. The molecule has 1 atom stereocenters. The van der Waals surface area contributed by atoms with Crippen LogP contribution in [-0.4, -0.2) is 4.98 Å².